The van der Waals surface area contributed by atoms with Crippen molar-refractivity contribution in [3.05, 3.63) is 47.4 Å². The van der Waals surface area contributed by atoms with Gasteiger partial charge < -0.3 is 15.1 Å². The third-order valence-corrected chi connectivity index (χ3v) is 5.61. The predicted molar refractivity (Wildman–Crippen MR) is 103 cm³/mol. The lowest BCUT2D eigenvalue weighted by Crippen LogP contribution is -2.22. The Hall–Kier alpha value is -1.87. The number of aryl methyl sites for hydroxylation is 1. The number of amides is 1. The summed E-state index contributed by atoms with van der Waals surface area (Å²) in [4.78, 5) is 12.5. The SMILES string of the molecule is CCNCc1ccccc1NC(=O)c1cc(S(=O)(=O)N(C)C)c(C)o1.Cl. The van der Waals surface area contributed by atoms with Crippen molar-refractivity contribution in [3.63, 3.8) is 0 Å². The average molecular weight is 402 g/mol. The fraction of sp³-hybridized carbons (Fsp3) is 0.353. The summed E-state index contributed by atoms with van der Waals surface area (Å²) in [6.07, 6.45) is 0. The summed E-state index contributed by atoms with van der Waals surface area (Å²) in [6.45, 7) is 4.95. The Balaban J connectivity index is 0.00000338. The van der Waals surface area contributed by atoms with Gasteiger partial charge in [0.05, 0.1) is 0 Å². The number of rotatable bonds is 7. The molecule has 2 rings (SSSR count). The molecule has 1 aromatic carbocycles. The summed E-state index contributed by atoms with van der Waals surface area (Å²) >= 11 is 0. The lowest BCUT2D eigenvalue weighted by molar-refractivity contribution is 0.0995. The third-order valence-electron chi connectivity index (χ3n) is 3.69. The first-order valence-electron chi connectivity index (χ1n) is 7.90. The number of benzene rings is 1. The zero-order valence-electron chi connectivity index (χ0n) is 15.2. The molecule has 1 aromatic heterocycles. The number of nitrogens with one attached hydrogen (secondary N) is 2. The lowest BCUT2D eigenvalue weighted by atomic mass is 10.1. The number of anilines is 1. The van der Waals surface area contributed by atoms with Crippen molar-refractivity contribution in [2.75, 3.05) is 26.0 Å². The highest BCUT2D eigenvalue weighted by molar-refractivity contribution is 7.89. The van der Waals surface area contributed by atoms with Crippen LogP contribution in [0.2, 0.25) is 0 Å². The molecule has 1 heterocycles. The standard InChI is InChI=1S/C17H23N3O4S.ClH/c1-5-18-11-13-8-6-7-9-14(13)19-17(21)15-10-16(12(2)24-15)25(22,23)20(3)4;/h6-10,18H,5,11H2,1-4H3,(H,19,21);1H. The van der Waals surface area contributed by atoms with Crippen LogP contribution in [0.15, 0.2) is 39.6 Å². The normalized spacial score (nSPS) is 11.3. The van der Waals surface area contributed by atoms with Crippen LogP contribution in [-0.4, -0.2) is 39.3 Å². The Bertz CT molecular complexity index is 863. The second-order valence-electron chi connectivity index (χ2n) is 5.71. The molecule has 1 amide bonds. The molecule has 0 aliphatic carbocycles. The van der Waals surface area contributed by atoms with Crippen LogP contribution in [0.1, 0.15) is 28.8 Å². The molecule has 9 heteroatoms. The molecule has 0 aliphatic rings. The first kappa shape index (κ1) is 22.2. The lowest BCUT2D eigenvalue weighted by Gasteiger charge is -2.10. The van der Waals surface area contributed by atoms with E-state index in [2.05, 4.69) is 10.6 Å². The van der Waals surface area contributed by atoms with Crippen molar-refractivity contribution in [2.45, 2.75) is 25.3 Å². The maximum atomic E-state index is 12.5. The van der Waals surface area contributed by atoms with Gasteiger partial charge in [-0.2, -0.15) is 0 Å². The maximum absolute atomic E-state index is 12.5. The Morgan fingerprint density at radius 2 is 1.88 bits per heavy atom. The van der Waals surface area contributed by atoms with Crippen molar-refractivity contribution < 1.29 is 17.6 Å². The molecule has 0 spiro atoms. The van der Waals surface area contributed by atoms with Crippen molar-refractivity contribution in [2.24, 2.45) is 0 Å². The van der Waals surface area contributed by atoms with Gasteiger partial charge in [-0.3, -0.25) is 4.79 Å². The molecule has 0 bridgehead atoms. The Kier molecular flexibility index (Phi) is 7.83. The minimum absolute atomic E-state index is 0. The highest BCUT2D eigenvalue weighted by Crippen LogP contribution is 2.23. The second kappa shape index (κ2) is 9.18. The van der Waals surface area contributed by atoms with E-state index in [1.54, 1.807) is 6.07 Å². The Morgan fingerprint density at radius 1 is 1.23 bits per heavy atom. The molecule has 7 nitrogen and oxygen atoms in total. The predicted octanol–water partition coefficient (Wildman–Crippen LogP) is 2.62. The van der Waals surface area contributed by atoms with E-state index < -0.39 is 15.9 Å². The molecule has 0 fully saturated rings. The van der Waals surface area contributed by atoms with Crippen molar-refractivity contribution in [1.82, 2.24) is 9.62 Å². The first-order valence-corrected chi connectivity index (χ1v) is 9.34. The average Bonchev–Trinajstić information content (AvgIpc) is 2.96. The van der Waals surface area contributed by atoms with E-state index in [-0.39, 0.29) is 28.8 Å². The van der Waals surface area contributed by atoms with E-state index >= 15 is 0 Å². The molecule has 144 valence electrons. The molecule has 0 atom stereocenters. The number of hydrogen-bond donors (Lipinski definition) is 2. The van der Waals surface area contributed by atoms with Crippen LogP contribution in [0.5, 0.6) is 0 Å². The van der Waals surface area contributed by atoms with Gasteiger partial charge in [-0.15, -0.1) is 12.4 Å². The van der Waals surface area contributed by atoms with Gasteiger partial charge in [-0.05, 0) is 25.1 Å². The fourth-order valence-corrected chi connectivity index (χ4v) is 3.32. The van der Waals surface area contributed by atoms with Crippen molar-refractivity contribution in [3.8, 4) is 0 Å². The van der Waals surface area contributed by atoms with Gasteiger partial charge in [0.1, 0.15) is 10.7 Å². The van der Waals surface area contributed by atoms with Crippen LogP contribution in [0.3, 0.4) is 0 Å². The van der Waals surface area contributed by atoms with Crippen LogP contribution in [0, 0.1) is 6.92 Å². The highest BCUT2D eigenvalue weighted by Gasteiger charge is 2.26. The Labute approximate surface area is 160 Å². The molecule has 0 saturated heterocycles. The maximum Gasteiger partial charge on any atom is 0.291 e. The molecule has 0 saturated carbocycles. The zero-order valence-corrected chi connectivity index (χ0v) is 16.8. The van der Waals surface area contributed by atoms with Gasteiger partial charge >= 0.3 is 0 Å². The molecule has 0 aliphatic heterocycles. The summed E-state index contributed by atoms with van der Waals surface area (Å²) < 4.78 is 30.9. The van der Waals surface area contributed by atoms with E-state index in [0.717, 1.165) is 16.4 Å². The van der Waals surface area contributed by atoms with Crippen molar-refractivity contribution in [1.29, 1.82) is 0 Å². The molecular formula is C17H24ClN3O4S. The van der Waals surface area contributed by atoms with E-state index in [1.165, 1.54) is 27.1 Å². The van der Waals surface area contributed by atoms with E-state index in [4.69, 9.17) is 4.42 Å². The summed E-state index contributed by atoms with van der Waals surface area (Å²) in [5, 5.41) is 5.98. The molecule has 2 N–H and O–H groups in total. The number of para-hydroxylation sites is 1. The molecule has 26 heavy (non-hydrogen) atoms. The van der Waals surface area contributed by atoms with Crippen LogP contribution < -0.4 is 10.6 Å². The molecule has 2 aromatic rings. The monoisotopic (exact) mass is 401 g/mol. The smallest absolute Gasteiger partial charge is 0.291 e. The minimum atomic E-state index is -3.66. The number of hydrogen-bond acceptors (Lipinski definition) is 5. The van der Waals surface area contributed by atoms with Crippen LogP contribution in [-0.2, 0) is 16.6 Å². The number of halogens is 1. The van der Waals surface area contributed by atoms with E-state index in [1.807, 2.05) is 25.1 Å². The minimum Gasteiger partial charge on any atom is -0.455 e. The summed E-state index contributed by atoms with van der Waals surface area (Å²) in [6, 6.07) is 8.67. The summed E-state index contributed by atoms with van der Waals surface area (Å²) in [5.41, 5.74) is 1.58. The van der Waals surface area contributed by atoms with Gasteiger partial charge in [0.15, 0.2) is 5.76 Å². The topological polar surface area (TPSA) is 91.6 Å². The summed E-state index contributed by atoms with van der Waals surface area (Å²) in [7, 11) is -0.806. The number of sulfonamides is 1. The highest BCUT2D eigenvalue weighted by atomic mass is 35.5. The van der Waals surface area contributed by atoms with Gasteiger partial charge in [0.2, 0.25) is 10.0 Å². The van der Waals surface area contributed by atoms with E-state index in [9.17, 15) is 13.2 Å². The van der Waals surface area contributed by atoms with E-state index in [0.29, 0.717) is 12.2 Å². The molecule has 0 radical (unpaired) electrons. The largest absolute Gasteiger partial charge is 0.455 e. The quantitative estimate of drug-likeness (QED) is 0.744. The van der Waals surface area contributed by atoms with Crippen LogP contribution in [0.4, 0.5) is 5.69 Å². The van der Waals surface area contributed by atoms with Gasteiger partial charge in [0, 0.05) is 32.4 Å². The summed E-state index contributed by atoms with van der Waals surface area (Å²) in [5.74, 6) is -0.358. The van der Waals surface area contributed by atoms with Crippen LogP contribution in [0.25, 0.3) is 0 Å². The van der Waals surface area contributed by atoms with Gasteiger partial charge in [-0.25, -0.2) is 12.7 Å². The number of carbonyl (C=O) groups is 1. The fourth-order valence-electron chi connectivity index (χ4n) is 2.27. The third kappa shape index (κ3) is 4.85. The zero-order chi connectivity index (χ0) is 18.6. The van der Waals surface area contributed by atoms with Crippen LogP contribution >= 0.6 is 12.4 Å². The van der Waals surface area contributed by atoms with Gasteiger partial charge in [-0.1, -0.05) is 25.1 Å². The number of nitrogens with zero attached hydrogens (tertiary/aromatic N) is 1. The number of carbonyl (C=O) groups excluding carboxylic acids is 1. The first-order chi connectivity index (χ1) is 11.8. The second-order valence-corrected chi connectivity index (χ2v) is 7.83. The Morgan fingerprint density at radius 3 is 2.50 bits per heavy atom. The van der Waals surface area contributed by atoms with Crippen molar-refractivity contribution >= 4 is 34.0 Å². The number of furan rings is 1. The van der Waals surface area contributed by atoms with Gasteiger partial charge in [0.25, 0.3) is 5.91 Å². The molecule has 0 unspecified atom stereocenters. The molecular weight excluding hydrogens is 378 g/mol.